The van der Waals surface area contributed by atoms with Gasteiger partial charge in [-0.05, 0) is 37.8 Å². The van der Waals surface area contributed by atoms with Crippen LogP contribution in [0.1, 0.15) is 40.5 Å². The van der Waals surface area contributed by atoms with E-state index in [0.717, 1.165) is 29.6 Å². The van der Waals surface area contributed by atoms with Gasteiger partial charge in [0, 0.05) is 10.8 Å². The SMILES string of the molecule is CC1=C2C(=CC(C)(C)[C@H]2O)[C@H](O)[C@@](C)(O)C12CC2. The minimum atomic E-state index is -1.12. The van der Waals surface area contributed by atoms with E-state index >= 15 is 0 Å². The van der Waals surface area contributed by atoms with E-state index in [1.54, 1.807) is 6.92 Å². The van der Waals surface area contributed by atoms with E-state index in [9.17, 15) is 15.3 Å². The van der Waals surface area contributed by atoms with Gasteiger partial charge < -0.3 is 15.3 Å². The first-order chi connectivity index (χ1) is 8.15. The van der Waals surface area contributed by atoms with Crippen molar-refractivity contribution in [3.05, 3.63) is 22.8 Å². The lowest BCUT2D eigenvalue weighted by atomic mass is 9.66. The highest BCUT2D eigenvalue weighted by Gasteiger charge is 2.65. The first-order valence-corrected chi connectivity index (χ1v) is 6.68. The molecule has 3 rings (SSSR count). The molecule has 3 aliphatic carbocycles. The van der Waals surface area contributed by atoms with Crippen LogP contribution in [-0.4, -0.2) is 33.1 Å². The standard InChI is InChI=1S/C15H22O3/c1-8-10-9(7-13(2,3)12(10)17)11(16)14(4,18)15(8)5-6-15/h7,11-12,16-18H,5-6H2,1-4H3/t11-,12-,14+/m0/s1. The Morgan fingerprint density at radius 3 is 2.17 bits per heavy atom. The van der Waals surface area contributed by atoms with E-state index in [1.165, 1.54) is 0 Å². The Labute approximate surface area is 108 Å². The fraction of sp³-hybridized carbons (Fsp3) is 0.733. The molecule has 1 spiro atoms. The van der Waals surface area contributed by atoms with Crippen LogP contribution in [-0.2, 0) is 0 Å². The third kappa shape index (κ3) is 1.16. The van der Waals surface area contributed by atoms with Gasteiger partial charge in [-0.25, -0.2) is 0 Å². The second-order valence-electron chi connectivity index (χ2n) is 6.99. The van der Waals surface area contributed by atoms with Crippen molar-refractivity contribution in [2.75, 3.05) is 0 Å². The van der Waals surface area contributed by atoms with Crippen LogP contribution in [0.2, 0.25) is 0 Å². The lowest BCUT2D eigenvalue weighted by molar-refractivity contribution is -0.0900. The summed E-state index contributed by atoms with van der Waals surface area (Å²) in [5.74, 6) is 0. The average Bonchev–Trinajstić information content (AvgIpc) is 3.02. The predicted octanol–water partition coefficient (Wildman–Crippen LogP) is 1.54. The number of aliphatic hydroxyl groups excluding tert-OH is 2. The molecule has 0 aromatic rings. The minimum Gasteiger partial charge on any atom is -0.388 e. The Bertz CT molecular complexity index is 478. The van der Waals surface area contributed by atoms with Crippen LogP contribution in [0.5, 0.6) is 0 Å². The van der Waals surface area contributed by atoms with E-state index < -0.39 is 17.8 Å². The molecule has 0 heterocycles. The number of fused-ring (bicyclic) bond motifs is 1. The summed E-state index contributed by atoms with van der Waals surface area (Å²) in [6.45, 7) is 7.65. The molecule has 3 nitrogen and oxygen atoms in total. The molecule has 1 saturated carbocycles. The molecule has 0 amide bonds. The Balaban J connectivity index is 2.24. The average molecular weight is 250 g/mol. The molecule has 3 aliphatic rings. The van der Waals surface area contributed by atoms with Crippen LogP contribution in [0, 0.1) is 10.8 Å². The van der Waals surface area contributed by atoms with Gasteiger partial charge in [0.25, 0.3) is 0 Å². The second-order valence-corrected chi connectivity index (χ2v) is 6.99. The molecule has 1 fully saturated rings. The van der Waals surface area contributed by atoms with Crippen molar-refractivity contribution in [1.82, 2.24) is 0 Å². The Kier molecular flexibility index (Phi) is 2.13. The third-order valence-electron chi connectivity index (χ3n) is 5.48. The molecule has 3 N–H and O–H groups in total. The molecule has 0 unspecified atom stereocenters. The highest BCUT2D eigenvalue weighted by atomic mass is 16.3. The number of hydrogen-bond donors (Lipinski definition) is 3. The maximum absolute atomic E-state index is 10.7. The lowest BCUT2D eigenvalue weighted by Gasteiger charge is -2.44. The summed E-state index contributed by atoms with van der Waals surface area (Å²) in [6.07, 6.45) is 2.25. The summed E-state index contributed by atoms with van der Waals surface area (Å²) in [5, 5.41) is 31.7. The van der Waals surface area contributed by atoms with E-state index in [-0.39, 0.29) is 10.8 Å². The van der Waals surface area contributed by atoms with Crippen LogP contribution in [0.25, 0.3) is 0 Å². The van der Waals surface area contributed by atoms with Crippen molar-refractivity contribution >= 4 is 0 Å². The van der Waals surface area contributed by atoms with Gasteiger partial charge in [0.2, 0.25) is 0 Å². The largest absolute Gasteiger partial charge is 0.388 e. The Morgan fingerprint density at radius 1 is 1.11 bits per heavy atom. The van der Waals surface area contributed by atoms with Crippen molar-refractivity contribution in [1.29, 1.82) is 0 Å². The molecule has 18 heavy (non-hydrogen) atoms. The molecule has 0 aromatic carbocycles. The topological polar surface area (TPSA) is 60.7 Å². The molecular formula is C15H22O3. The molecule has 0 bridgehead atoms. The summed E-state index contributed by atoms with van der Waals surface area (Å²) < 4.78 is 0. The molecular weight excluding hydrogens is 228 g/mol. The van der Waals surface area contributed by atoms with E-state index in [4.69, 9.17) is 0 Å². The van der Waals surface area contributed by atoms with Crippen LogP contribution < -0.4 is 0 Å². The van der Waals surface area contributed by atoms with Gasteiger partial charge in [0.15, 0.2) is 0 Å². The normalized spacial score (nSPS) is 44.1. The smallest absolute Gasteiger partial charge is 0.108 e. The van der Waals surface area contributed by atoms with E-state index in [2.05, 4.69) is 0 Å². The monoisotopic (exact) mass is 250 g/mol. The quantitative estimate of drug-likeness (QED) is 0.611. The summed E-state index contributed by atoms with van der Waals surface area (Å²) in [4.78, 5) is 0. The minimum absolute atomic E-state index is 0.319. The fourth-order valence-corrected chi connectivity index (χ4v) is 3.94. The Morgan fingerprint density at radius 2 is 1.67 bits per heavy atom. The third-order valence-corrected chi connectivity index (χ3v) is 5.48. The zero-order valence-corrected chi connectivity index (χ0v) is 11.5. The first kappa shape index (κ1) is 12.4. The zero-order valence-electron chi connectivity index (χ0n) is 11.5. The van der Waals surface area contributed by atoms with E-state index in [0.29, 0.717) is 0 Å². The highest BCUT2D eigenvalue weighted by Crippen LogP contribution is 2.66. The van der Waals surface area contributed by atoms with Crippen LogP contribution >= 0.6 is 0 Å². The molecule has 0 radical (unpaired) electrons. The second kappa shape index (κ2) is 3.09. The summed E-state index contributed by atoms with van der Waals surface area (Å²) in [5.41, 5.74) is 0.863. The van der Waals surface area contributed by atoms with Crippen molar-refractivity contribution < 1.29 is 15.3 Å². The molecule has 0 saturated heterocycles. The van der Waals surface area contributed by atoms with Crippen LogP contribution in [0.3, 0.4) is 0 Å². The van der Waals surface area contributed by atoms with E-state index in [1.807, 2.05) is 26.8 Å². The maximum atomic E-state index is 10.7. The van der Waals surface area contributed by atoms with Crippen molar-refractivity contribution in [3.8, 4) is 0 Å². The summed E-state index contributed by atoms with van der Waals surface area (Å²) in [6, 6.07) is 0. The van der Waals surface area contributed by atoms with Crippen LogP contribution in [0.4, 0.5) is 0 Å². The Hall–Kier alpha value is -0.640. The highest BCUT2D eigenvalue weighted by molar-refractivity contribution is 5.56. The van der Waals surface area contributed by atoms with Crippen LogP contribution in [0.15, 0.2) is 22.8 Å². The lowest BCUT2D eigenvalue weighted by Crippen LogP contribution is -2.52. The fourth-order valence-electron chi connectivity index (χ4n) is 3.94. The van der Waals surface area contributed by atoms with Gasteiger partial charge in [-0.3, -0.25) is 0 Å². The molecule has 0 aromatic heterocycles. The van der Waals surface area contributed by atoms with Gasteiger partial charge >= 0.3 is 0 Å². The van der Waals surface area contributed by atoms with Crippen molar-refractivity contribution in [2.45, 2.75) is 58.3 Å². The molecule has 3 heteroatoms. The van der Waals surface area contributed by atoms with Gasteiger partial charge in [-0.1, -0.05) is 25.5 Å². The predicted molar refractivity (Wildman–Crippen MR) is 68.9 cm³/mol. The van der Waals surface area contributed by atoms with Crippen molar-refractivity contribution in [3.63, 3.8) is 0 Å². The summed E-state index contributed by atoms with van der Waals surface area (Å²) in [7, 11) is 0. The number of rotatable bonds is 0. The molecule has 100 valence electrons. The van der Waals surface area contributed by atoms with Gasteiger partial charge in [0.05, 0.1) is 6.10 Å². The van der Waals surface area contributed by atoms with Gasteiger partial charge in [-0.2, -0.15) is 0 Å². The molecule has 0 aliphatic heterocycles. The first-order valence-electron chi connectivity index (χ1n) is 6.68. The van der Waals surface area contributed by atoms with Gasteiger partial charge in [-0.15, -0.1) is 0 Å². The van der Waals surface area contributed by atoms with Gasteiger partial charge in [0.1, 0.15) is 11.7 Å². The molecule has 3 atom stereocenters. The summed E-state index contributed by atoms with van der Waals surface area (Å²) >= 11 is 0. The number of aliphatic hydroxyl groups is 3. The zero-order chi connectivity index (χ0) is 13.5. The number of hydrogen-bond acceptors (Lipinski definition) is 3. The maximum Gasteiger partial charge on any atom is 0.108 e. The van der Waals surface area contributed by atoms with Crippen molar-refractivity contribution in [2.24, 2.45) is 10.8 Å².